The van der Waals surface area contributed by atoms with Crippen LogP contribution in [-0.4, -0.2) is 28.5 Å². The molecule has 0 bridgehead atoms. The highest BCUT2D eigenvalue weighted by Gasteiger charge is 2.25. The maximum Gasteiger partial charge on any atom is 0.0764 e. The summed E-state index contributed by atoms with van der Waals surface area (Å²) in [6.07, 6.45) is 3.21. The van der Waals surface area contributed by atoms with Gasteiger partial charge in [0.25, 0.3) is 0 Å². The van der Waals surface area contributed by atoms with E-state index < -0.39 is 0 Å². The Balaban J connectivity index is 1.83. The van der Waals surface area contributed by atoms with Crippen molar-refractivity contribution in [3.8, 4) is 5.69 Å². The smallest absolute Gasteiger partial charge is 0.0764 e. The normalized spacial score (nSPS) is 22.6. The van der Waals surface area contributed by atoms with Crippen molar-refractivity contribution in [2.75, 3.05) is 11.9 Å². The quantitative estimate of drug-likeness (QED) is 0.919. The second-order valence-electron chi connectivity index (χ2n) is 5.01. The molecule has 0 amide bonds. The van der Waals surface area contributed by atoms with Crippen molar-refractivity contribution in [1.82, 2.24) is 9.78 Å². The molecule has 4 nitrogen and oxygen atoms in total. The molecule has 2 heterocycles. The summed E-state index contributed by atoms with van der Waals surface area (Å²) in [4.78, 5) is 0. The fraction of sp³-hybridized carbons (Fsp3) is 0.400. The molecule has 0 spiro atoms. The van der Waals surface area contributed by atoms with Crippen molar-refractivity contribution in [3.63, 3.8) is 0 Å². The topological polar surface area (TPSA) is 39.1 Å². The molecule has 2 atom stereocenters. The van der Waals surface area contributed by atoms with Crippen molar-refractivity contribution < 1.29 is 4.74 Å². The van der Waals surface area contributed by atoms with Crippen molar-refractivity contribution in [2.45, 2.75) is 32.4 Å². The van der Waals surface area contributed by atoms with Gasteiger partial charge in [0.2, 0.25) is 0 Å². The summed E-state index contributed by atoms with van der Waals surface area (Å²) in [7, 11) is 0. The lowest BCUT2D eigenvalue weighted by molar-refractivity contribution is 0.121. The van der Waals surface area contributed by atoms with E-state index in [0.29, 0.717) is 6.04 Å². The number of anilines is 1. The van der Waals surface area contributed by atoms with Crippen LogP contribution in [0.3, 0.4) is 0 Å². The van der Waals surface area contributed by atoms with Crippen LogP contribution in [0.2, 0.25) is 0 Å². The molecule has 100 valence electrons. The van der Waals surface area contributed by atoms with Crippen LogP contribution in [-0.2, 0) is 4.74 Å². The molecular formula is C15H19N3O. The maximum atomic E-state index is 5.58. The summed E-state index contributed by atoms with van der Waals surface area (Å²) >= 11 is 0. The van der Waals surface area contributed by atoms with Gasteiger partial charge in [-0.15, -0.1) is 0 Å². The van der Waals surface area contributed by atoms with Gasteiger partial charge in [-0.05, 0) is 32.4 Å². The van der Waals surface area contributed by atoms with E-state index in [0.717, 1.165) is 30.1 Å². The van der Waals surface area contributed by atoms with Gasteiger partial charge in [-0.2, -0.15) is 5.10 Å². The van der Waals surface area contributed by atoms with Crippen LogP contribution >= 0.6 is 0 Å². The van der Waals surface area contributed by atoms with Crippen LogP contribution in [0.25, 0.3) is 5.69 Å². The molecule has 1 aromatic carbocycles. The summed E-state index contributed by atoms with van der Waals surface area (Å²) in [5.41, 5.74) is 3.31. The van der Waals surface area contributed by atoms with Crippen LogP contribution in [0.1, 0.15) is 19.0 Å². The molecule has 1 N–H and O–H groups in total. The number of hydrogen-bond acceptors (Lipinski definition) is 3. The van der Waals surface area contributed by atoms with Crippen LogP contribution in [0.4, 0.5) is 5.69 Å². The Morgan fingerprint density at radius 3 is 2.79 bits per heavy atom. The molecule has 1 fully saturated rings. The van der Waals surface area contributed by atoms with E-state index in [-0.39, 0.29) is 6.10 Å². The minimum Gasteiger partial charge on any atom is -0.377 e. The summed E-state index contributed by atoms with van der Waals surface area (Å²) < 4.78 is 7.54. The first-order valence-corrected chi connectivity index (χ1v) is 6.74. The van der Waals surface area contributed by atoms with Crippen LogP contribution < -0.4 is 5.32 Å². The Morgan fingerprint density at radius 2 is 2.11 bits per heavy atom. The zero-order chi connectivity index (χ0) is 13.2. The summed E-state index contributed by atoms with van der Waals surface area (Å²) in [5.74, 6) is 0. The van der Waals surface area contributed by atoms with Crippen LogP contribution in [0.5, 0.6) is 0 Å². The van der Waals surface area contributed by atoms with E-state index in [1.165, 1.54) is 0 Å². The highest BCUT2D eigenvalue weighted by atomic mass is 16.5. The predicted octanol–water partition coefficient (Wildman–Crippen LogP) is 2.77. The first-order valence-electron chi connectivity index (χ1n) is 6.74. The molecule has 1 saturated heterocycles. The molecule has 0 aliphatic carbocycles. The van der Waals surface area contributed by atoms with E-state index in [1.54, 1.807) is 0 Å². The van der Waals surface area contributed by atoms with Crippen LogP contribution in [0.15, 0.2) is 36.5 Å². The van der Waals surface area contributed by atoms with E-state index >= 15 is 0 Å². The van der Waals surface area contributed by atoms with Gasteiger partial charge in [-0.25, -0.2) is 4.68 Å². The zero-order valence-electron chi connectivity index (χ0n) is 11.3. The van der Waals surface area contributed by atoms with E-state index in [9.17, 15) is 0 Å². The fourth-order valence-corrected chi connectivity index (χ4v) is 2.50. The number of ether oxygens (including phenoxy) is 1. The molecule has 1 aliphatic rings. The third kappa shape index (κ3) is 2.36. The average molecular weight is 257 g/mol. The average Bonchev–Trinajstić information content (AvgIpc) is 2.99. The molecule has 2 aromatic rings. The van der Waals surface area contributed by atoms with Gasteiger partial charge in [0.1, 0.15) is 0 Å². The van der Waals surface area contributed by atoms with Crippen LogP contribution in [0, 0.1) is 6.92 Å². The first kappa shape index (κ1) is 12.2. The number of hydrogen-bond donors (Lipinski definition) is 1. The summed E-state index contributed by atoms with van der Waals surface area (Å²) in [5, 5.41) is 8.01. The highest BCUT2D eigenvalue weighted by Crippen LogP contribution is 2.23. The van der Waals surface area contributed by atoms with Crippen molar-refractivity contribution in [1.29, 1.82) is 0 Å². The van der Waals surface area contributed by atoms with E-state index in [1.807, 2.05) is 29.1 Å². The predicted molar refractivity (Wildman–Crippen MR) is 75.7 cm³/mol. The molecule has 1 aliphatic heterocycles. The first-order chi connectivity index (χ1) is 9.25. The van der Waals surface area contributed by atoms with Crippen molar-refractivity contribution >= 4 is 5.69 Å². The number of benzene rings is 1. The Kier molecular flexibility index (Phi) is 3.25. The summed E-state index contributed by atoms with van der Waals surface area (Å²) in [6.45, 7) is 5.04. The lowest BCUT2D eigenvalue weighted by atomic mass is 10.1. The molecule has 1 aromatic heterocycles. The number of para-hydroxylation sites is 1. The van der Waals surface area contributed by atoms with Crippen molar-refractivity contribution in [2.24, 2.45) is 0 Å². The molecule has 19 heavy (non-hydrogen) atoms. The fourth-order valence-electron chi connectivity index (χ4n) is 2.50. The number of nitrogens with one attached hydrogen (secondary N) is 1. The lowest BCUT2D eigenvalue weighted by Gasteiger charge is -2.16. The van der Waals surface area contributed by atoms with Gasteiger partial charge in [-0.3, -0.25) is 0 Å². The molecular weight excluding hydrogens is 238 g/mol. The second kappa shape index (κ2) is 5.05. The third-order valence-electron chi connectivity index (χ3n) is 3.73. The van der Waals surface area contributed by atoms with Gasteiger partial charge in [0.15, 0.2) is 0 Å². The van der Waals surface area contributed by atoms with Gasteiger partial charge in [-0.1, -0.05) is 18.2 Å². The van der Waals surface area contributed by atoms with Gasteiger partial charge in [0, 0.05) is 6.61 Å². The standard InChI is InChI=1S/C15H19N3O/c1-11-15(17-14-8-9-19-12(14)2)10-16-18(11)13-6-4-3-5-7-13/h3-7,10,12,14,17H,8-9H2,1-2H3. The SMILES string of the molecule is Cc1c(NC2CCOC2C)cnn1-c1ccccc1. The van der Waals surface area contributed by atoms with E-state index in [4.69, 9.17) is 4.74 Å². The highest BCUT2D eigenvalue weighted by molar-refractivity contribution is 5.50. The lowest BCUT2D eigenvalue weighted by Crippen LogP contribution is -2.26. The maximum absolute atomic E-state index is 5.58. The third-order valence-corrected chi connectivity index (χ3v) is 3.73. The molecule has 2 unspecified atom stereocenters. The monoisotopic (exact) mass is 257 g/mol. The van der Waals surface area contributed by atoms with E-state index in [2.05, 4.69) is 36.4 Å². The molecule has 0 saturated carbocycles. The molecule has 0 radical (unpaired) electrons. The summed E-state index contributed by atoms with van der Waals surface area (Å²) in [6, 6.07) is 10.6. The zero-order valence-corrected chi connectivity index (χ0v) is 11.3. The minimum atomic E-state index is 0.263. The number of nitrogens with zero attached hydrogens (tertiary/aromatic N) is 2. The Morgan fingerprint density at radius 1 is 1.32 bits per heavy atom. The molecule has 4 heteroatoms. The largest absolute Gasteiger partial charge is 0.377 e. The Bertz CT molecular complexity index is 550. The Hall–Kier alpha value is -1.81. The minimum absolute atomic E-state index is 0.263. The number of aromatic nitrogens is 2. The number of rotatable bonds is 3. The van der Waals surface area contributed by atoms with Crippen molar-refractivity contribution in [3.05, 3.63) is 42.2 Å². The Labute approximate surface area is 113 Å². The molecule has 3 rings (SSSR count). The van der Waals surface area contributed by atoms with Gasteiger partial charge < -0.3 is 10.1 Å². The van der Waals surface area contributed by atoms with Gasteiger partial charge >= 0.3 is 0 Å². The second-order valence-corrected chi connectivity index (χ2v) is 5.01. The van der Waals surface area contributed by atoms with Gasteiger partial charge in [0.05, 0.1) is 35.4 Å².